The Labute approximate surface area is 75.6 Å². The number of imidazole rings is 1. The van der Waals surface area contributed by atoms with Gasteiger partial charge in [-0.2, -0.15) is 0 Å². The van der Waals surface area contributed by atoms with Gasteiger partial charge < -0.3 is 14.4 Å². The Hall–Kier alpha value is -1.33. The molecule has 0 spiro atoms. The Morgan fingerprint density at radius 2 is 2.15 bits per heavy atom. The Bertz CT molecular complexity index is 439. The van der Waals surface area contributed by atoms with Crippen molar-refractivity contribution >= 4 is 18.1 Å². The zero-order valence-electron chi connectivity index (χ0n) is 7.18. The summed E-state index contributed by atoms with van der Waals surface area (Å²) in [5.74, 6) is 0.831. The van der Waals surface area contributed by atoms with Gasteiger partial charge in [0.2, 0.25) is 0 Å². The monoisotopic (exact) mass is 176 g/mol. The maximum Gasteiger partial charge on any atom is 0.489 e. The molecular formula is C8H9BN2O2. The molecule has 0 atom stereocenters. The van der Waals surface area contributed by atoms with E-state index in [1.54, 1.807) is 24.5 Å². The van der Waals surface area contributed by atoms with E-state index in [9.17, 15) is 0 Å². The van der Waals surface area contributed by atoms with E-state index >= 15 is 0 Å². The van der Waals surface area contributed by atoms with Crippen molar-refractivity contribution in [3.05, 3.63) is 30.4 Å². The predicted octanol–water partition coefficient (Wildman–Crippen LogP) is -0.677. The summed E-state index contributed by atoms with van der Waals surface area (Å²) in [4.78, 5) is 4.10. The lowest BCUT2D eigenvalue weighted by Gasteiger charge is -2.01. The smallest absolute Gasteiger partial charge is 0.423 e. The molecule has 66 valence electrons. The molecule has 0 amide bonds. The largest absolute Gasteiger partial charge is 0.489 e. The summed E-state index contributed by atoms with van der Waals surface area (Å²) < 4.78 is 1.81. The number of hydrogen-bond acceptors (Lipinski definition) is 3. The Balaban J connectivity index is 2.66. The number of rotatable bonds is 1. The first kappa shape index (κ1) is 8.28. The summed E-state index contributed by atoms with van der Waals surface area (Å²) in [6.07, 6.45) is 3.41. The Morgan fingerprint density at radius 3 is 2.85 bits per heavy atom. The van der Waals surface area contributed by atoms with Crippen LogP contribution in [0, 0.1) is 6.92 Å². The van der Waals surface area contributed by atoms with Gasteiger partial charge in [0.05, 0.1) is 11.7 Å². The minimum absolute atomic E-state index is 0.466. The van der Waals surface area contributed by atoms with E-state index in [0.717, 1.165) is 11.3 Å². The van der Waals surface area contributed by atoms with Gasteiger partial charge in [0, 0.05) is 6.20 Å². The number of aromatic nitrogens is 2. The van der Waals surface area contributed by atoms with Crippen LogP contribution in [-0.2, 0) is 0 Å². The molecule has 0 fully saturated rings. The fourth-order valence-corrected chi connectivity index (χ4v) is 1.29. The molecule has 0 aliphatic heterocycles. The number of fused-ring (bicyclic) bond motifs is 1. The highest BCUT2D eigenvalue weighted by molar-refractivity contribution is 6.58. The SMILES string of the molecule is Cc1ncc2ccc(B(O)O)cn12. The van der Waals surface area contributed by atoms with Gasteiger partial charge in [0.1, 0.15) is 5.82 Å². The van der Waals surface area contributed by atoms with Crippen LogP contribution in [0.2, 0.25) is 0 Å². The highest BCUT2D eigenvalue weighted by Crippen LogP contribution is 2.03. The van der Waals surface area contributed by atoms with Crippen molar-refractivity contribution in [3.8, 4) is 0 Å². The summed E-state index contributed by atoms with van der Waals surface area (Å²) >= 11 is 0. The van der Waals surface area contributed by atoms with Gasteiger partial charge in [-0.15, -0.1) is 0 Å². The molecule has 2 N–H and O–H groups in total. The summed E-state index contributed by atoms with van der Waals surface area (Å²) in [6, 6.07) is 3.47. The van der Waals surface area contributed by atoms with E-state index in [2.05, 4.69) is 4.98 Å². The van der Waals surface area contributed by atoms with Crippen LogP contribution < -0.4 is 5.46 Å². The van der Waals surface area contributed by atoms with E-state index in [1.165, 1.54) is 0 Å². The lowest BCUT2D eigenvalue weighted by atomic mass is 9.82. The van der Waals surface area contributed by atoms with Gasteiger partial charge in [-0.1, -0.05) is 6.07 Å². The van der Waals surface area contributed by atoms with Crippen LogP contribution >= 0.6 is 0 Å². The average molecular weight is 176 g/mol. The summed E-state index contributed by atoms with van der Waals surface area (Å²) in [6.45, 7) is 1.86. The zero-order valence-corrected chi connectivity index (χ0v) is 7.18. The number of pyridine rings is 1. The standard InChI is InChI=1S/C8H9BN2O2/c1-6-10-4-8-3-2-7(9(12)13)5-11(6)8/h2-5,12-13H,1H3. The van der Waals surface area contributed by atoms with Crippen molar-refractivity contribution in [3.63, 3.8) is 0 Å². The molecule has 2 rings (SSSR count). The molecule has 5 heteroatoms. The number of nitrogens with zero attached hydrogens (tertiary/aromatic N) is 2. The Kier molecular flexibility index (Phi) is 1.83. The molecular weight excluding hydrogens is 167 g/mol. The molecule has 0 saturated heterocycles. The molecule has 0 bridgehead atoms. The molecule has 0 aromatic carbocycles. The van der Waals surface area contributed by atoms with Gasteiger partial charge in [-0.3, -0.25) is 0 Å². The fraction of sp³-hybridized carbons (Fsp3) is 0.125. The van der Waals surface area contributed by atoms with Crippen molar-refractivity contribution in [1.29, 1.82) is 0 Å². The lowest BCUT2D eigenvalue weighted by Crippen LogP contribution is -2.30. The van der Waals surface area contributed by atoms with Crippen LogP contribution in [0.25, 0.3) is 5.52 Å². The van der Waals surface area contributed by atoms with Crippen molar-refractivity contribution in [2.24, 2.45) is 0 Å². The molecule has 0 aliphatic rings. The second-order valence-electron chi connectivity index (χ2n) is 2.94. The van der Waals surface area contributed by atoms with Crippen LogP contribution in [0.1, 0.15) is 5.82 Å². The summed E-state index contributed by atoms with van der Waals surface area (Å²) in [5.41, 5.74) is 1.41. The third-order valence-electron chi connectivity index (χ3n) is 2.03. The average Bonchev–Trinajstić information content (AvgIpc) is 2.47. The minimum Gasteiger partial charge on any atom is -0.423 e. The van der Waals surface area contributed by atoms with Crippen molar-refractivity contribution in [2.45, 2.75) is 6.92 Å². The van der Waals surface area contributed by atoms with Gasteiger partial charge in [-0.25, -0.2) is 4.98 Å². The maximum atomic E-state index is 8.93. The molecule has 2 aromatic heterocycles. The van der Waals surface area contributed by atoms with Gasteiger partial charge >= 0.3 is 7.12 Å². The topological polar surface area (TPSA) is 57.8 Å². The van der Waals surface area contributed by atoms with Gasteiger partial charge in [0.15, 0.2) is 0 Å². The molecule has 2 heterocycles. The number of hydrogen-bond donors (Lipinski definition) is 2. The summed E-state index contributed by atoms with van der Waals surface area (Å²) in [7, 11) is -1.42. The van der Waals surface area contributed by atoms with E-state index in [0.29, 0.717) is 5.46 Å². The maximum absolute atomic E-state index is 8.93. The molecule has 0 radical (unpaired) electrons. The second kappa shape index (κ2) is 2.87. The van der Waals surface area contributed by atoms with Crippen molar-refractivity contribution < 1.29 is 10.0 Å². The van der Waals surface area contributed by atoms with Crippen LogP contribution in [-0.4, -0.2) is 26.6 Å². The van der Waals surface area contributed by atoms with Crippen LogP contribution in [0.15, 0.2) is 24.5 Å². The normalized spacial score (nSPS) is 10.7. The molecule has 2 aromatic rings. The first-order chi connectivity index (χ1) is 6.18. The highest BCUT2D eigenvalue weighted by Gasteiger charge is 2.11. The second-order valence-corrected chi connectivity index (χ2v) is 2.94. The van der Waals surface area contributed by atoms with Gasteiger partial charge in [0.25, 0.3) is 0 Å². The van der Waals surface area contributed by atoms with E-state index in [-0.39, 0.29) is 0 Å². The van der Waals surface area contributed by atoms with Crippen LogP contribution in [0.3, 0.4) is 0 Å². The van der Waals surface area contributed by atoms with Gasteiger partial charge in [-0.05, 0) is 18.5 Å². The first-order valence-corrected chi connectivity index (χ1v) is 3.98. The quantitative estimate of drug-likeness (QED) is 0.566. The molecule has 0 aliphatic carbocycles. The molecule has 4 nitrogen and oxygen atoms in total. The molecule has 0 unspecified atom stereocenters. The first-order valence-electron chi connectivity index (χ1n) is 3.98. The van der Waals surface area contributed by atoms with Crippen molar-refractivity contribution in [1.82, 2.24) is 9.38 Å². The summed E-state index contributed by atoms with van der Waals surface area (Å²) in [5, 5.41) is 17.9. The third kappa shape index (κ3) is 1.32. The van der Waals surface area contributed by atoms with E-state index in [1.807, 2.05) is 11.3 Å². The lowest BCUT2D eigenvalue weighted by molar-refractivity contribution is 0.425. The predicted molar refractivity (Wildman–Crippen MR) is 49.8 cm³/mol. The molecule has 0 saturated carbocycles. The molecule has 13 heavy (non-hydrogen) atoms. The minimum atomic E-state index is -1.42. The number of aryl methyl sites for hydroxylation is 1. The fourth-order valence-electron chi connectivity index (χ4n) is 1.29. The van der Waals surface area contributed by atoms with Crippen LogP contribution in [0.4, 0.5) is 0 Å². The Morgan fingerprint density at radius 1 is 1.38 bits per heavy atom. The van der Waals surface area contributed by atoms with E-state index in [4.69, 9.17) is 10.0 Å². The third-order valence-corrected chi connectivity index (χ3v) is 2.03. The zero-order chi connectivity index (χ0) is 9.42. The van der Waals surface area contributed by atoms with Crippen molar-refractivity contribution in [2.75, 3.05) is 0 Å². The van der Waals surface area contributed by atoms with E-state index < -0.39 is 7.12 Å². The van der Waals surface area contributed by atoms with Crippen LogP contribution in [0.5, 0.6) is 0 Å². The highest BCUT2D eigenvalue weighted by atomic mass is 16.4.